The van der Waals surface area contributed by atoms with Crippen LogP contribution in [0.5, 0.6) is 5.75 Å². The fourth-order valence-corrected chi connectivity index (χ4v) is 3.11. The first kappa shape index (κ1) is 17.3. The minimum absolute atomic E-state index is 0.0575. The number of para-hydroxylation sites is 1. The molecule has 1 amide bonds. The molecule has 1 aliphatic rings. The Kier molecular flexibility index (Phi) is 5.88. The number of carbonyl (C=O) groups excluding carboxylic acids is 1. The Morgan fingerprint density at radius 1 is 1.24 bits per heavy atom. The van der Waals surface area contributed by atoms with Crippen molar-refractivity contribution in [1.29, 1.82) is 0 Å². The van der Waals surface area contributed by atoms with Gasteiger partial charge in [0.05, 0.1) is 11.9 Å². The zero-order chi connectivity index (χ0) is 17.5. The molecule has 0 unspecified atom stereocenters. The SMILES string of the molecule is Cc1ccccc1OCC(=O)NCC1CCN(c2cccnc2)CC1. The highest BCUT2D eigenvalue weighted by Gasteiger charge is 2.20. The molecule has 132 valence electrons. The lowest BCUT2D eigenvalue weighted by Gasteiger charge is -2.33. The van der Waals surface area contributed by atoms with Crippen molar-refractivity contribution in [2.75, 3.05) is 31.1 Å². The number of pyridine rings is 1. The van der Waals surface area contributed by atoms with Crippen LogP contribution in [-0.4, -0.2) is 37.1 Å². The molecule has 0 bridgehead atoms. The van der Waals surface area contributed by atoms with Gasteiger partial charge >= 0.3 is 0 Å². The molecule has 1 saturated heterocycles. The monoisotopic (exact) mass is 339 g/mol. The van der Waals surface area contributed by atoms with Gasteiger partial charge in [-0.3, -0.25) is 9.78 Å². The van der Waals surface area contributed by atoms with E-state index in [9.17, 15) is 4.79 Å². The average Bonchev–Trinajstić information content (AvgIpc) is 2.67. The number of carbonyl (C=O) groups is 1. The van der Waals surface area contributed by atoms with Crippen LogP contribution in [0.4, 0.5) is 5.69 Å². The molecule has 5 nitrogen and oxygen atoms in total. The Labute approximate surface area is 149 Å². The molecule has 5 heteroatoms. The van der Waals surface area contributed by atoms with Crippen LogP contribution in [0, 0.1) is 12.8 Å². The Morgan fingerprint density at radius 3 is 2.76 bits per heavy atom. The summed E-state index contributed by atoms with van der Waals surface area (Å²) in [5, 5.41) is 3.00. The topological polar surface area (TPSA) is 54.5 Å². The predicted molar refractivity (Wildman–Crippen MR) is 98.9 cm³/mol. The highest BCUT2D eigenvalue weighted by atomic mass is 16.5. The number of benzene rings is 1. The first-order valence-corrected chi connectivity index (χ1v) is 8.82. The van der Waals surface area contributed by atoms with Gasteiger partial charge in [-0.1, -0.05) is 18.2 Å². The molecule has 0 atom stereocenters. The fourth-order valence-electron chi connectivity index (χ4n) is 3.11. The van der Waals surface area contributed by atoms with Crippen molar-refractivity contribution in [1.82, 2.24) is 10.3 Å². The lowest BCUT2D eigenvalue weighted by Crippen LogP contribution is -2.39. The summed E-state index contributed by atoms with van der Waals surface area (Å²) in [6.45, 7) is 4.78. The maximum absolute atomic E-state index is 12.0. The maximum Gasteiger partial charge on any atom is 0.257 e. The molecule has 0 saturated carbocycles. The standard InChI is InChI=1S/C20H25N3O2/c1-16-5-2-3-7-19(16)25-15-20(24)22-13-17-8-11-23(12-9-17)18-6-4-10-21-14-18/h2-7,10,14,17H,8-9,11-13,15H2,1H3,(H,22,24). The largest absolute Gasteiger partial charge is 0.484 e. The second-order valence-corrected chi connectivity index (χ2v) is 6.50. The van der Waals surface area contributed by atoms with Crippen LogP contribution in [-0.2, 0) is 4.79 Å². The number of nitrogens with zero attached hydrogens (tertiary/aromatic N) is 2. The van der Waals surface area contributed by atoms with Crippen molar-refractivity contribution >= 4 is 11.6 Å². The van der Waals surface area contributed by atoms with Crippen LogP contribution < -0.4 is 15.0 Å². The number of amides is 1. The molecule has 1 aliphatic heterocycles. The molecule has 2 aromatic rings. The lowest BCUT2D eigenvalue weighted by molar-refractivity contribution is -0.123. The van der Waals surface area contributed by atoms with Crippen LogP contribution in [0.3, 0.4) is 0 Å². The average molecular weight is 339 g/mol. The van der Waals surface area contributed by atoms with E-state index in [1.165, 1.54) is 5.69 Å². The predicted octanol–water partition coefficient (Wildman–Crippen LogP) is 2.80. The molecule has 1 aromatic heterocycles. The summed E-state index contributed by atoms with van der Waals surface area (Å²) in [6.07, 6.45) is 5.86. The number of hydrogen-bond donors (Lipinski definition) is 1. The fraction of sp³-hybridized carbons (Fsp3) is 0.400. The van der Waals surface area contributed by atoms with Crippen LogP contribution in [0.25, 0.3) is 0 Å². The third kappa shape index (κ3) is 4.95. The summed E-state index contributed by atoms with van der Waals surface area (Å²) < 4.78 is 5.59. The van der Waals surface area contributed by atoms with Gasteiger partial charge in [-0.05, 0) is 49.4 Å². The van der Waals surface area contributed by atoms with Crippen molar-refractivity contribution in [2.24, 2.45) is 5.92 Å². The number of aryl methyl sites for hydroxylation is 1. The van der Waals surface area contributed by atoms with Gasteiger partial charge in [0.25, 0.3) is 5.91 Å². The molecule has 1 fully saturated rings. The Bertz CT molecular complexity index is 682. The zero-order valence-electron chi connectivity index (χ0n) is 14.6. The number of anilines is 1. The number of aromatic nitrogens is 1. The van der Waals surface area contributed by atoms with Crippen molar-refractivity contribution in [3.63, 3.8) is 0 Å². The summed E-state index contributed by atoms with van der Waals surface area (Å²) in [6, 6.07) is 11.8. The summed E-state index contributed by atoms with van der Waals surface area (Å²) in [5.41, 5.74) is 2.22. The van der Waals surface area contributed by atoms with Crippen molar-refractivity contribution in [2.45, 2.75) is 19.8 Å². The first-order valence-electron chi connectivity index (χ1n) is 8.82. The van der Waals surface area contributed by atoms with E-state index >= 15 is 0 Å². The highest BCUT2D eigenvalue weighted by molar-refractivity contribution is 5.77. The summed E-state index contributed by atoms with van der Waals surface area (Å²) in [7, 11) is 0. The molecule has 0 spiro atoms. The van der Waals surface area contributed by atoms with E-state index in [1.54, 1.807) is 6.20 Å². The Morgan fingerprint density at radius 2 is 2.04 bits per heavy atom. The van der Waals surface area contributed by atoms with E-state index in [0.29, 0.717) is 5.92 Å². The molecule has 3 rings (SSSR count). The molecule has 0 radical (unpaired) electrons. The summed E-state index contributed by atoms with van der Waals surface area (Å²) in [4.78, 5) is 18.5. The van der Waals surface area contributed by atoms with E-state index in [2.05, 4.69) is 21.3 Å². The van der Waals surface area contributed by atoms with E-state index in [1.807, 2.05) is 43.5 Å². The van der Waals surface area contributed by atoms with Crippen LogP contribution in [0.1, 0.15) is 18.4 Å². The second-order valence-electron chi connectivity index (χ2n) is 6.50. The van der Waals surface area contributed by atoms with Gasteiger partial charge in [0, 0.05) is 25.8 Å². The Hall–Kier alpha value is -2.56. The van der Waals surface area contributed by atoms with Gasteiger partial charge in [-0.2, -0.15) is 0 Å². The Balaban J connectivity index is 1.37. The molecule has 1 N–H and O–H groups in total. The van der Waals surface area contributed by atoms with Crippen LogP contribution in [0.15, 0.2) is 48.8 Å². The highest BCUT2D eigenvalue weighted by Crippen LogP contribution is 2.22. The van der Waals surface area contributed by atoms with E-state index in [0.717, 1.165) is 43.8 Å². The quantitative estimate of drug-likeness (QED) is 0.879. The van der Waals surface area contributed by atoms with Crippen molar-refractivity contribution in [3.8, 4) is 5.75 Å². The molecular weight excluding hydrogens is 314 g/mol. The number of ether oxygens (including phenoxy) is 1. The van der Waals surface area contributed by atoms with Crippen LogP contribution >= 0.6 is 0 Å². The number of hydrogen-bond acceptors (Lipinski definition) is 4. The maximum atomic E-state index is 12.0. The van der Waals surface area contributed by atoms with Gasteiger partial charge < -0.3 is 15.0 Å². The normalized spacial score (nSPS) is 15.0. The molecule has 2 heterocycles. The first-order chi connectivity index (χ1) is 12.2. The molecule has 25 heavy (non-hydrogen) atoms. The number of rotatable bonds is 6. The van der Waals surface area contributed by atoms with Crippen LogP contribution in [0.2, 0.25) is 0 Å². The van der Waals surface area contributed by atoms with Crippen molar-refractivity contribution < 1.29 is 9.53 Å². The molecular formula is C20H25N3O2. The van der Waals surface area contributed by atoms with Gasteiger partial charge in [0.15, 0.2) is 6.61 Å². The number of piperidine rings is 1. The zero-order valence-corrected chi connectivity index (χ0v) is 14.6. The van der Waals surface area contributed by atoms with Crippen molar-refractivity contribution in [3.05, 3.63) is 54.4 Å². The summed E-state index contributed by atoms with van der Waals surface area (Å²) >= 11 is 0. The van der Waals surface area contributed by atoms with Gasteiger partial charge in [-0.25, -0.2) is 0 Å². The number of nitrogens with one attached hydrogen (secondary N) is 1. The van der Waals surface area contributed by atoms with Gasteiger partial charge in [0.2, 0.25) is 0 Å². The second kappa shape index (κ2) is 8.51. The van der Waals surface area contributed by atoms with Gasteiger partial charge in [-0.15, -0.1) is 0 Å². The van der Waals surface area contributed by atoms with Gasteiger partial charge in [0.1, 0.15) is 5.75 Å². The minimum Gasteiger partial charge on any atom is -0.484 e. The molecule has 1 aromatic carbocycles. The smallest absolute Gasteiger partial charge is 0.257 e. The third-order valence-electron chi connectivity index (χ3n) is 4.67. The van der Waals surface area contributed by atoms with E-state index in [-0.39, 0.29) is 12.5 Å². The lowest BCUT2D eigenvalue weighted by atomic mass is 9.96. The van der Waals surface area contributed by atoms with E-state index < -0.39 is 0 Å². The summed E-state index contributed by atoms with van der Waals surface area (Å²) in [5.74, 6) is 1.23. The third-order valence-corrected chi connectivity index (χ3v) is 4.67. The van der Waals surface area contributed by atoms with E-state index in [4.69, 9.17) is 4.74 Å². The minimum atomic E-state index is -0.0575. The molecule has 0 aliphatic carbocycles.